The monoisotopic (exact) mass is 421 g/mol. The second-order valence-corrected chi connectivity index (χ2v) is 8.62. The van der Waals surface area contributed by atoms with Crippen molar-refractivity contribution in [3.05, 3.63) is 77.6 Å². The number of benzene rings is 2. The van der Waals surface area contributed by atoms with Crippen molar-refractivity contribution < 1.29 is 9.18 Å². The number of piperazine rings is 1. The number of hydrogen-bond donors (Lipinski definition) is 0. The molecule has 164 valence electrons. The molecular formula is C26H32FN3O. The summed E-state index contributed by atoms with van der Waals surface area (Å²) in [6.07, 6.45) is 6.21. The number of nitrogens with zero attached hydrogens (tertiary/aromatic N) is 3. The van der Waals surface area contributed by atoms with E-state index in [-0.39, 0.29) is 11.7 Å². The van der Waals surface area contributed by atoms with E-state index in [4.69, 9.17) is 0 Å². The molecule has 0 aromatic heterocycles. The van der Waals surface area contributed by atoms with Gasteiger partial charge >= 0.3 is 0 Å². The van der Waals surface area contributed by atoms with E-state index in [2.05, 4.69) is 51.1 Å². The van der Waals surface area contributed by atoms with Crippen LogP contribution in [-0.2, 0) is 11.3 Å². The predicted octanol–water partition coefficient (Wildman–Crippen LogP) is 3.90. The first-order chi connectivity index (χ1) is 15.2. The summed E-state index contributed by atoms with van der Waals surface area (Å²) in [4.78, 5) is 19.8. The maximum Gasteiger partial charge on any atom is 0.225 e. The summed E-state index contributed by atoms with van der Waals surface area (Å²) in [6.45, 7) is 7.15. The van der Waals surface area contributed by atoms with E-state index in [0.717, 1.165) is 70.8 Å². The molecule has 2 heterocycles. The van der Waals surface area contributed by atoms with Gasteiger partial charge in [-0.1, -0.05) is 54.6 Å². The van der Waals surface area contributed by atoms with Gasteiger partial charge in [-0.05, 0) is 49.2 Å². The van der Waals surface area contributed by atoms with Gasteiger partial charge in [-0.25, -0.2) is 4.39 Å². The molecule has 0 spiro atoms. The molecule has 0 radical (unpaired) electrons. The third kappa shape index (κ3) is 6.25. The number of hydrogen-bond acceptors (Lipinski definition) is 3. The number of piperidine rings is 1. The summed E-state index contributed by atoms with van der Waals surface area (Å²) in [6, 6.07) is 17.1. The zero-order valence-electron chi connectivity index (χ0n) is 18.1. The molecule has 4 rings (SSSR count). The Morgan fingerprint density at radius 3 is 2.23 bits per heavy atom. The first-order valence-electron chi connectivity index (χ1n) is 11.4. The standard InChI is InChI=1S/C26H32FN3O/c27-25-10-8-23(9-11-25)21-29-15-12-24(13-16-29)26(31)30-19-17-28(18-20-30)14-4-7-22-5-2-1-3-6-22/h1-11,24H,12-21H2. The summed E-state index contributed by atoms with van der Waals surface area (Å²) >= 11 is 0. The van der Waals surface area contributed by atoms with Crippen molar-refractivity contribution in [2.24, 2.45) is 5.92 Å². The topological polar surface area (TPSA) is 26.8 Å². The van der Waals surface area contributed by atoms with Crippen LogP contribution in [0.25, 0.3) is 6.08 Å². The zero-order valence-corrected chi connectivity index (χ0v) is 18.1. The summed E-state index contributed by atoms with van der Waals surface area (Å²) in [5, 5.41) is 0. The summed E-state index contributed by atoms with van der Waals surface area (Å²) in [7, 11) is 0. The molecule has 2 aliphatic rings. The van der Waals surface area contributed by atoms with E-state index in [0.29, 0.717) is 5.91 Å². The van der Waals surface area contributed by atoms with Crippen molar-refractivity contribution in [1.29, 1.82) is 0 Å². The van der Waals surface area contributed by atoms with Gasteiger partial charge in [-0.2, -0.15) is 0 Å². The minimum absolute atomic E-state index is 0.147. The van der Waals surface area contributed by atoms with Crippen molar-refractivity contribution in [2.75, 3.05) is 45.8 Å². The average molecular weight is 422 g/mol. The van der Waals surface area contributed by atoms with Crippen LogP contribution in [0.15, 0.2) is 60.7 Å². The minimum atomic E-state index is -0.194. The van der Waals surface area contributed by atoms with E-state index in [1.54, 1.807) is 0 Å². The van der Waals surface area contributed by atoms with Crippen LogP contribution in [0.1, 0.15) is 24.0 Å². The molecule has 31 heavy (non-hydrogen) atoms. The Morgan fingerprint density at radius 1 is 0.871 bits per heavy atom. The highest BCUT2D eigenvalue weighted by atomic mass is 19.1. The Kier molecular flexibility index (Phi) is 7.49. The largest absolute Gasteiger partial charge is 0.340 e. The Bertz CT molecular complexity index is 852. The molecule has 2 fully saturated rings. The van der Waals surface area contributed by atoms with Crippen molar-refractivity contribution in [3.8, 4) is 0 Å². The van der Waals surface area contributed by atoms with Crippen LogP contribution in [0.4, 0.5) is 4.39 Å². The Labute approximate surface area is 185 Å². The smallest absolute Gasteiger partial charge is 0.225 e. The lowest BCUT2D eigenvalue weighted by Crippen LogP contribution is -2.51. The maximum absolute atomic E-state index is 13.1. The zero-order chi connectivity index (χ0) is 21.5. The van der Waals surface area contributed by atoms with Gasteiger partial charge in [-0.3, -0.25) is 14.6 Å². The number of carbonyl (C=O) groups excluding carboxylic acids is 1. The van der Waals surface area contributed by atoms with Crippen LogP contribution < -0.4 is 0 Å². The van der Waals surface area contributed by atoms with Gasteiger partial charge in [0.2, 0.25) is 5.91 Å². The fraction of sp³-hybridized carbons (Fsp3) is 0.423. The Morgan fingerprint density at radius 2 is 1.55 bits per heavy atom. The highest BCUT2D eigenvalue weighted by molar-refractivity contribution is 5.79. The number of halogens is 1. The van der Waals surface area contributed by atoms with Crippen LogP contribution in [-0.4, -0.2) is 66.4 Å². The van der Waals surface area contributed by atoms with Crippen molar-refractivity contribution in [2.45, 2.75) is 19.4 Å². The molecule has 2 aromatic carbocycles. The van der Waals surface area contributed by atoms with E-state index in [1.165, 1.54) is 17.7 Å². The van der Waals surface area contributed by atoms with Crippen LogP contribution in [0, 0.1) is 11.7 Å². The summed E-state index contributed by atoms with van der Waals surface area (Å²) < 4.78 is 13.1. The molecule has 2 aromatic rings. The van der Waals surface area contributed by atoms with Gasteiger partial charge in [0.05, 0.1) is 0 Å². The van der Waals surface area contributed by atoms with E-state index < -0.39 is 0 Å². The third-order valence-corrected chi connectivity index (χ3v) is 6.41. The number of likely N-dealkylation sites (tertiary alicyclic amines) is 1. The first kappa shape index (κ1) is 21.7. The molecule has 0 bridgehead atoms. The van der Waals surface area contributed by atoms with Crippen molar-refractivity contribution in [3.63, 3.8) is 0 Å². The van der Waals surface area contributed by atoms with Crippen molar-refractivity contribution >= 4 is 12.0 Å². The van der Waals surface area contributed by atoms with Gasteiger partial charge in [0.1, 0.15) is 5.82 Å². The normalized spacial score (nSPS) is 19.2. The molecular weight excluding hydrogens is 389 g/mol. The molecule has 0 aliphatic carbocycles. The number of rotatable bonds is 6. The van der Waals surface area contributed by atoms with Crippen molar-refractivity contribution in [1.82, 2.24) is 14.7 Å². The van der Waals surface area contributed by atoms with Crippen LogP contribution >= 0.6 is 0 Å². The molecule has 0 saturated carbocycles. The fourth-order valence-corrected chi connectivity index (χ4v) is 4.50. The molecule has 0 N–H and O–H groups in total. The Balaban J connectivity index is 1.17. The number of amides is 1. The fourth-order valence-electron chi connectivity index (χ4n) is 4.50. The second kappa shape index (κ2) is 10.7. The summed E-state index contributed by atoms with van der Waals surface area (Å²) in [5.41, 5.74) is 2.35. The molecule has 5 heteroatoms. The molecule has 2 saturated heterocycles. The molecule has 1 amide bonds. The molecule has 4 nitrogen and oxygen atoms in total. The van der Waals surface area contributed by atoms with Gasteiger partial charge in [-0.15, -0.1) is 0 Å². The lowest BCUT2D eigenvalue weighted by molar-refractivity contribution is -0.138. The van der Waals surface area contributed by atoms with E-state index >= 15 is 0 Å². The van der Waals surface area contributed by atoms with E-state index in [1.807, 2.05) is 18.2 Å². The predicted molar refractivity (Wildman–Crippen MR) is 123 cm³/mol. The van der Waals surface area contributed by atoms with Crippen LogP contribution in [0.3, 0.4) is 0 Å². The minimum Gasteiger partial charge on any atom is -0.340 e. The second-order valence-electron chi connectivity index (χ2n) is 8.62. The molecule has 0 atom stereocenters. The highest BCUT2D eigenvalue weighted by Crippen LogP contribution is 2.22. The van der Waals surface area contributed by atoms with Gasteiger partial charge in [0.25, 0.3) is 0 Å². The lowest BCUT2D eigenvalue weighted by Gasteiger charge is -2.38. The van der Waals surface area contributed by atoms with Gasteiger partial charge in [0, 0.05) is 45.2 Å². The highest BCUT2D eigenvalue weighted by Gasteiger charge is 2.30. The van der Waals surface area contributed by atoms with Crippen LogP contribution in [0.2, 0.25) is 0 Å². The van der Waals surface area contributed by atoms with Gasteiger partial charge < -0.3 is 4.90 Å². The number of carbonyl (C=O) groups is 1. The molecule has 2 aliphatic heterocycles. The van der Waals surface area contributed by atoms with Gasteiger partial charge in [0.15, 0.2) is 0 Å². The first-order valence-corrected chi connectivity index (χ1v) is 11.4. The quantitative estimate of drug-likeness (QED) is 0.708. The third-order valence-electron chi connectivity index (χ3n) is 6.41. The Hall–Kier alpha value is -2.50. The molecule has 0 unspecified atom stereocenters. The SMILES string of the molecule is O=C(C1CCN(Cc2ccc(F)cc2)CC1)N1CCN(CC=Cc2ccccc2)CC1. The van der Waals surface area contributed by atoms with Crippen LogP contribution in [0.5, 0.6) is 0 Å². The maximum atomic E-state index is 13.1. The average Bonchev–Trinajstić information content (AvgIpc) is 2.82. The van der Waals surface area contributed by atoms with E-state index in [9.17, 15) is 9.18 Å². The summed E-state index contributed by atoms with van der Waals surface area (Å²) in [5.74, 6) is 0.287. The lowest BCUT2D eigenvalue weighted by atomic mass is 9.94.